The maximum Gasteiger partial charge on any atom is 0.267 e. The SMILES string of the molecule is Cc1cccc(-c2ccc(/C=C/CCC(C(=O)NO)C(C)(O)C(F)F)cc2)c1. The van der Waals surface area contributed by atoms with Gasteiger partial charge in [0.1, 0.15) is 5.60 Å². The van der Waals surface area contributed by atoms with Gasteiger partial charge in [-0.1, -0.05) is 66.2 Å². The minimum absolute atomic E-state index is 0.0262. The van der Waals surface area contributed by atoms with E-state index in [0.717, 1.165) is 23.6 Å². The lowest BCUT2D eigenvalue weighted by Gasteiger charge is -2.30. The van der Waals surface area contributed by atoms with Crippen LogP contribution in [-0.2, 0) is 4.79 Å². The molecule has 0 aliphatic carbocycles. The summed E-state index contributed by atoms with van der Waals surface area (Å²) >= 11 is 0. The second-order valence-corrected chi connectivity index (χ2v) is 7.03. The van der Waals surface area contributed by atoms with Crippen molar-refractivity contribution in [1.29, 1.82) is 0 Å². The van der Waals surface area contributed by atoms with E-state index in [1.54, 1.807) is 6.08 Å². The summed E-state index contributed by atoms with van der Waals surface area (Å²) in [4.78, 5) is 11.6. The van der Waals surface area contributed by atoms with Crippen LogP contribution in [0.3, 0.4) is 0 Å². The summed E-state index contributed by atoms with van der Waals surface area (Å²) in [6, 6.07) is 16.1. The van der Waals surface area contributed by atoms with Crippen LogP contribution in [0.15, 0.2) is 54.6 Å². The number of aliphatic hydroxyl groups is 1. The van der Waals surface area contributed by atoms with Crippen LogP contribution in [0.2, 0.25) is 0 Å². The minimum atomic E-state index is -3.10. The lowest BCUT2D eigenvalue weighted by molar-refractivity contribution is -0.159. The molecule has 0 aliphatic rings. The number of alkyl halides is 2. The Labute approximate surface area is 163 Å². The highest BCUT2D eigenvalue weighted by Crippen LogP contribution is 2.29. The molecule has 0 heterocycles. The van der Waals surface area contributed by atoms with E-state index < -0.39 is 23.9 Å². The van der Waals surface area contributed by atoms with Gasteiger partial charge in [-0.25, -0.2) is 14.3 Å². The average Bonchev–Trinajstić information content (AvgIpc) is 2.67. The Hall–Kier alpha value is -2.57. The zero-order valence-corrected chi connectivity index (χ0v) is 15.9. The van der Waals surface area contributed by atoms with Crippen LogP contribution < -0.4 is 5.48 Å². The molecule has 0 saturated heterocycles. The first-order chi connectivity index (χ1) is 13.3. The predicted molar refractivity (Wildman–Crippen MR) is 105 cm³/mol. The first-order valence-corrected chi connectivity index (χ1v) is 9.04. The van der Waals surface area contributed by atoms with E-state index in [0.29, 0.717) is 6.42 Å². The molecule has 2 rings (SSSR count). The lowest BCUT2D eigenvalue weighted by Crippen LogP contribution is -2.49. The van der Waals surface area contributed by atoms with Gasteiger partial charge in [-0.15, -0.1) is 0 Å². The Morgan fingerprint density at radius 1 is 1.18 bits per heavy atom. The van der Waals surface area contributed by atoms with E-state index in [2.05, 4.69) is 6.07 Å². The smallest absolute Gasteiger partial charge is 0.267 e. The Morgan fingerprint density at radius 2 is 1.86 bits per heavy atom. The summed E-state index contributed by atoms with van der Waals surface area (Å²) < 4.78 is 26.0. The third-order valence-corrected chi connectivity index (χ3v) is 4.77. The Balaban J connectivity index is 2.00. The monoisotopic (exact) mass is 389 g/mol. The van der Waals surface area contributed by atoms with Crippen molar-refractivity contribution in [1.82, 2.24) is 5.48 Å². The number of hydrogen-bond donors (Lipinski definition) is 3. The quantitative estimate of drug-likeness (QED) is 0.457. The fourth-order valence-corrected chi connectivity index (χ4v) is 3.01. The topological polar surface area (TPSA) is 69.6 Å². The molecule has 28 heavy (non-hydrogen) atoms. The molecular weight excluding hydrogens is 364 g/mol. The molecule has 0 bridgehead atoms. The third kappa shape index (κ3) is 5.47. The number of nitrogens with one attached hydrogen (secondary N) is 1. The van der Waals surface area contributed by atoms with Gasteiger partial charge < -0.3 is 5.11 Å². The van der Waals surface area contributed by atoms with E-state index in [-0.39, 0.29) is 6.42 Å². The van der Waals surface area contributed by atoms with Crippen molar-refractivity contribution >= 4 is 12.0 Å². The molecule has 0 aliphatic heterocycles. The van der Waals surface area contributed by atoms with Crippen molar-refractivity contribution < 1.29 is 23.9 Å². The van der Waals surface area contributed by atoms with Crippen molar-refractivity contribution in [2.45, 2.75) is 38.7 Å². The average molecular weight is 389 g/mol. The number of halogens is 2. The number of aryl methyl sites for hydroxylation is 1. The zero-order chi connectivity index (χ0) is 20.7. The van der Waals surface area contributed by atoms with Gasteiger partial charge in [-0.05, 0) is 43.4 Å². The van der Waals surface area contributed by atoms with Crippen LogP contribution in [0.4, 0.5) is 8.78 Å². The van der Waals surface area contributed by atoms with Gasteiger partial charge in [0.25, 0.3) is 6.43 Å². The van der Waals surface area contributed by atoms with Gasteiger partial charge in [-0.3, -0.25) is 10.0 Å². The molecule has 2 unspecified atom stereocenters. The summed E-state index contributed by atoms with van der Waals surface area (Å²) in [5.74, 6) is -2.45. The molecule has 0 saturated carbocycles. The van der Waals surface area contributed by atoms with Crippen molar-refractivity contribution in [3.63, 3.8) is 0 Å². The summed E-state index contributed by atoms with van der Waals surface area (Å²) in [5.41, 5.74) is 3.17. The number of allylic oxidation sites excluding steroid dienone is 1. The normalized spacial score (nSPS) is 14.8. The van der Waals surface area contributed by atoms with Crippen LogP contribution in [0, 0.1) is 12.8 Å². The van der Waals surface area contributed by atoms with Gasteiger partial charge in [-0.2, -0.15) is 0 Å². The Morgan fingerprint density at radius 3 is 2.43 bits per heavy atom. The zero-order valence-electron chi connectivity index (χ0n) is 15.9. The van der Waals surface area contributed by atoms with Crippen LogP contribution in [0.1, 0.15) is 30.9 Å². The molecule has 2 atom stereocenters. The molecule has 6 heteroatoms. The molecule has 2 aromatic rings. The van der Waals surface area contributed by atoms with Crippen LogP contribution in [-0.4, -0.2) is 28.2 Å². The Kier molecular flexibility index (Phi) is 7.43. The highest BCUT2D eigenvalue weighted by molar-refractivity contribution is 5.78. The maximum absolute atomic E-state index is 13.0. The fourth-order valence-electron chi connectivity index (χ4n) is 3.01. The summed E-state index contributed by atoms with van der Waals surface area (Å²) in [6.07, 6.45) is 0.738. The van der Waals surface area contributed by atoms with Crippen LogP contribution in [0.25, 0.3) is 17.2 Å². The molecule has 4 nitrogen and oxygen atoms in total. The summed E-state index contributed by atoms with van der Waals surface area (Å²) in [7, 11) is 0. The summed E-state index contributed by atoms with van der Waals surface area (Å²) in [5, 5.41) is 18.6. The van der Waals surface area contributed by atoms with E-state index in [4.69, 9.17) is 5.21 Å². The number of hydroxylamine groups is 1. The van der Waals surface area contributed by atoms with E-state index in [1.807, 2.05) is 55.5 Å². The second-order valence-electron chi connectivity index (χ2n) is 7.03. The molecule has 1 amide bonds. The van der Waals surface area contributed by atoms with E-state index in [9.17, 15) is 18.7 Å². The number of rotatable bonds is 8. The van der Waals surface area contributed by atoms with Crippen molar-refractivity contribution in [2.75, 3.05) is 0 Å². The van der Waals surface area contributed by atoms with Gasteiger partial charge >= 0.3 is 0 Å². The molecular formula is C22H25F2NO3. The number of hydrogen-bond acceptors (Lipinski definition) is 3. The molecule has 0 spiro atoms. The van der Waals surface area contributed by atoms with Crippen molar-refractivity contribution in [3.05, 3.63) is 65.7 Å². The molecule has 0 fully saturated rings. The number of amides is 1. The number of carbonyl (C=O) groups excluding carboxylic acids is 1. The highest BCUT2D eigenvalue weighted by Gasteiger charge is 2.44. The van der Waals surface area contributed by atoms with Gasteiger partial charge in [0, 0.05) is 0 Å². The maximum atomic E-state index is 13.0. The van der Waals surface area contributed by atoms with Crippen molar-refractivity contribution in [2.24, 2.45) is 5.92 Å². The molecule has 2 aromatic carbocycles. The fraction of sp³-hybridized carbons (Fsp3) is 0.318. The van der Waals surface area contributed by atoms with Crippen LogP contribution in [0.5, 0.6) is 0 Å². The summed E-state index contributed by atoms with van der Waals surface area (Å²) in [6.45, 7) is 2.93. The molecule has 150 valence electrons. The lowest BCUT2D eigenvalue weighted by atomic mass is 9.85. The standard InChI is InChI=1S/C22H25F2NO3/c1-15-6-5-8-18(14-15)17-12-10-16(11-13-17)7-3-4-9-19(20(26)25-28)22(2,27)21(23)24/h3,5-8,10-14,19,21,27-28H,4,9H2,1-2H3,(H,25,26)/b7-3+. The first kappa shape index (κ1) is 21.7. The van der Waals surface area contributed by atoms with Gasteiger partial charge in [0.2, 0.25) is 5.91 Å². The van der Waals surface area contributed by atoms with Crippen LogP contribution >= 0.6 is 0 Å². The highest BCUT2D eigenvalue weighted by atomic mass is 19.3. The van der Waals surface area contributed by atoms with Gasteiger partial charge in [0.15, 0.2) is 0 Å². The second kappa shape index (κ2) is 9.57. The molecule has 3 N–H and O–H groups in total. The van der Waals surface area contributed by atoms with E-state index in [1.165, 1.54) is 11.0 Å². The van der Waals surface area contributed by atoms with Crippen molar-refractivity contribution in [3.8, 4) is 11.1 Å². The van der Waals surface area contributed by atoms with Gasteiger partial charge in [0.05, 0.1) is 5.92 Å². The minimum Gasteiger partial charge on any atom is -0.383 e. The number of carbonyl (C=O) groups is 1. The molecule has 0 radical (unpaired) electrons. The predicted octanol–water partition coefficient (Wildman–Crippen LogP) is 4.59. The number of benzene rings is 2. The largest absolute Gasteiger partial charge is 0.383 e. The third-order valence-electron chi connectivity index (χ3n) is 4.77. The first-order valence-electron chi connectivity index (χ1n) is 9.04. The van der Waals surface area contributed by atoms with E-state index >= 15 is 0 Å². The Bertz CT molecular complexity index is 817. The molecule has 0 aromatic heterocycles.